The van der Waals surface area contributed by atoms with Crippen LogP contribution in [0.25, 0.3) is 0 Å². The maximum atomic E-state index is 12.8. The molecule has 0 amide bonds. The first kappa shape index (κ1) is 19.6. The van der Waals surface area contributed by atoms with E-state index in [1.165, 1.54) is 12.7 Å². The van der Waals surface area contributed by atoms with E-state index in [0.29, 0.717) is 17.5 Å². The van der Waals surface area contributed by atoms with Crippen LogP contribution < -0.4 is 9.46 Å². The minimum Gasteiger partial charge on any atom is -0.493 e. The smallest absolute Gasteiger partial charge is 0.348 e. The van der Waals surface area contributed by atoms with Crippen LogP contribution in [0.2, 0.25) is 0 Å². The maximum Gasteiger partial charge on any atom is 0.348 e. The van der Waals surface area contributed by atoms with Crippen molar-refractivity contribution in [3.05, 3.63) is 48.0 Å². The number of benzene rings is 1. The minimum absolute atomic E-state index is 0.197. The van der Waals surface area contributed by atoms with E-state index in [4.69, 9.17) is 4.74 Å². The molecule has 3 N–H and O–H groups in total. The molecule has 3 aromatic rings. The lowest BCUT2D eigenvalue weighted by atomic mass is 9.92. The first-order chi connectivity index (χ1) is 14.6. The van der Waals surface area contributed by atoms with Crippen molar-refractivity contribution in [2.75, 3.05) is 17.9 Å². The molecule has 0 spiro atoms. The Morgan fingerprint density at radius 2 is 2.20 bits per heavy atom. The second-order valence-corrected chi connectivity index (χ2v) is 10.00. The zero-order valence-electron chi connectivity index (χ0n) is 16.2. The number of nitrogens with one attached hydrogen (secondary N) is 2. The lowest BCUT2D eigenvalue weighted by Crippen LogP contribution is -2.39. The molecule has 2 aromatic heterocycles. The molecule has 0 aliphatic carbocycles. The van der Waals surface area contributed by atoms with E-state index in [2.05, 4.69) is 29.2 Å². The van der Waals surface area contributed by atoms with Gasteiger partial charge in [-0.15, -0.1) is 4.72 Å². The number of hydrogen-bond donors (Lipinski definition) is 3. The summed E-state index contributed by atoms with van der Waals surface area (Å²) in [6.07, 6.45) is 7.47. The molecule has 0 radical (unpaired) electrons. The van der Waals surface area contributed by atoms with Gasteiger partial charge in [0.15, 0.2) is 0 Å². The standard InChI is InChI=1S/C19H22N6O3S2/c26-30(27,24-19-20-12-22-29-19)13-4-5-14-16(7-10-28-18(14)11-13)25-9-2-1-3-17(25)15-6-8-21-23-15/h4-6,8,11-12,16-17H,1-3,7,9-10H2,(H2-,20,21,22,23,24,26,27)/p+1/t16?,17-/m0/s1. The van der Waals surface area contributed by atoms with Crippen LogP contribution in [0.3, 0.4) is 0 Å². The molecule has 2 aliphatic heterocycles. The average Bonchev–Trinajstić information content (AvgIpc) is 3.47. The van der Waals surface area contributed by atoms with Gasteiger partial charge in [-0.05, 0) is 41.8 Å². The van der Waals surface area contributed by atoms with Crippen molar-refractivity contribution >= 4 is 27.1 Å². The third-order valence-electron chi connectivity index (χ3n) is 5.73. The third-order valence-corrected chi connectivity index (χ3v) is 7.80. The maximum absolute atomic E-state index is 12.8. The van der Waals surface area contributed by atoms with Gasteiger partial charge in [-0.3, -0.25) is 10.00 Å². The molecule has 1 fully saturated rings. The zero-order valence-corrected chi connectivity index (χ0v) is 17.9. The lowest BCUT2D eigenvalue weighted by molar-refractivity contribution is 0.0647. The summed E-state index contributed by atoms with van der Waals surface area (Å²) in [5, 5.41) is 7.58. The summed E-state index contributed by atoms with van der Waals surface area (Å²) in [6.45, 7) is 1.58. The highest BCUT2D eigenvalue weighted by Gasteiger charge is 2.37. The third kappa shape index (κ3) is 3.73. The number of fused-ring (bicyclic) bond motifs is 1. The Morgan fingerprint density at radius 1 is 1.27 bits per heavy atom. The summed E-state index contributed by atoms with van der Waals surface area (Å²) in [4.78, 5) is 6.72. The van der Waals surface area contributed by atoms with E-state index in [1.807, 2.05) is 12.1 Å². The summed E-state index contributed by atoms with van der Waals surface area (Å²) in [5.74, 6) is 0.665. The van der Waals surface area contributed by atoms with E-state index in [-0.39, 0.29) is 17.0 Å². The molecule has 1 aromatic carbocycles. The quantitative estimate of drug-likeness (QED) is 0.511. The molecule has 9 nitrogen and oxygen atoms in total. The fourth-order valence-corrected chi connectivity index (χ4v) is 6.08. The Bertz CT molecular complexity index is 1040. The van der Waals surface area contributed by atoms with Crippen LogP contribution in [0.1, 0.15) is 49.0 Å². The Hall–Kier alpha value is -2.34. The molecule has 2 aliphatic rings. The number of likely N-dealkylation sites (tertiary alicyclic amines) is 1. The SMILES string of the molecule is O=[S+](O)(Nc1ncns1)c1ccc2c(c1)OCCC2N1CCCC[C@H]1c1ccn[nH]1. The second-order valence-electron chi connectivity index (χ2n) is 7.49. The van der Waals surface area contributed by atoms with Crippen LogP contribution in [0, 0.1) is 0 Å². The molecule has 11 heteroatoms. The molecule has 4 heterocycles. The van der Waals surface area contributed by atoms with Crippen LogP contribution in [0.15, 0.2) is 41.7 Å². The van der Waals surface area contributed by atoms with Crippen molar-refractivity contribution < 1.29 is 13.5 Å². The number of aromatic amines is 1. The van der Waals surface area contributed by atoms with E-state index < -0.39 is 10.4 Å². The first-order valence-electron chi connectivity index (χ1n) is 9.95. The molecule has 30 heavy (non-hydrogen) atoms. The van der Waals surface area contributed by atoms with E-state index in [0.717, 1.165) is 48.6 Å². The van der Waals surface area contributed by atoms with E-state index >= 15 is 0 Å². The van der Waals surface area contributed by atoms with Crippen molar-refractivity contribution in [2.45, 2.75) is 42.7 Å². The van der Waals surface area contributed by atoms with Crippen molar-refractivity contribution in [1.82, 2.24) is 24.5 Å². The highest BCUT2D eigenvalue weighted by molar-refractivity contribution is 7.99. The predicted molar refractivity (Wildman–Crippen MR) is 114 cm³/mol. The predicted octanol–water partition coefficient (Wildman–Crippen LogP) is 3.67. The van der Waals surface area contributed by atoms with Gasteiger partial charge < -0.3 is 4.74 Å². The molecule has 2 unspecified atom stereocenters. The van der Waals surface area contributed by atoms with Gasteiger partial charge in [0, 0.05) is 41.8 Å². The number of rotatable bonds is 5. The molecule has 0 saturated carbocycles. The number of anilines is 1. The molecule has 3 atom stereocenters. The van der Waals surface area contributed by atoms with Crippen molar-refractivity contribution in [2.24, 2.45) is 0 Å². The summed E-state index contributed by atoms with van der Waals surface area (Å²) in [7, 11) is -3.50. The highest BCUT2D eigenvalue weighted by atomic mass is 32.3. The van der Waals surface area contributed by atoms with Crippen LogP contribution in [0.5, 0.6) is 5.75 Å². The fraction of sp³-hybridized carbons (Fsp3) is 0.421. The topological polar surface area (TPSA) is 116 Å². The van der Waals surface area contributed by atoms with Crippen molar-refractivity contribution in [1.29, 1.82) is 0 Å². The van der Waals surface area contributed by atoms with Gasteiger partial charge in [-0.1, -0.05) is 6.42 Å². The Morgan fingerprint density at radius 3 is 3.00 bits per heavy atom. The second kappa shape index (κ2) is 8.06. The number of aromatic nitrogens is 4. The number of nitrogens with zero attached hydrogens (tertiary/aromatic N) is 4. The van der Waals surface area contributed by atoms with Crippen molar-refractivity contribution in [3.63, 3.8) is 0 Å². The Balaban J connectivity index is 1.44. The fourth-order valence-electron chi connectivity index (χ4n) is 4.38. The van der Waals surface area contributed by atoms with Crippen LogP contribution in [0.4, 0.5) is 5.13 Å². The lowest BCUT2D eigenvalue weighted by Gasteiger charge is -2.42. The van der Waals surface area contributed by atoms with Crippen molar-refractivity contribution in [3.8, 4) is 5.75 Å². The normalized spacial score (nSPS) is 23.9. The van der Waals surface area contributed by atoms with Crippen LogP contribution in [-0.2, 0) is 14.6 Å². The average molecular weight is 448 g/mol. The molecular weight excluding hydrogens is 424 g/mol. The number of piperidine rings is 1. The van der Waals surface area contributed by atoms with Gasteiger partial charge in [0.25, 0.3) is 0 Å². The summed E-state index contributed by atoms with van der Waals surface area (Å²) in [5.41, 5.74) is 2.20. The molecule has 158 valence electrons. The monoisotopic (exact) mass is 447 g/mol. The van der Waals surface area contributed by atoms with Crippen LogP contribution in [-0.4, -0.2) is 42.2 Å². The highest BCUT2D eigenvalue weighted by Crippen LogP contribution is 2.44. The van der Waals surface area contributed by atoms with Gasteiger partial charge in [-0.2, -0.15) is 14.0 Å². The van der Waals surface area contributed by atoms with Gasteiger partial charge in [-0.25, -0.2) is 4.98 Å². The first-order valence-corrected chi connectivity index (χ1v) is 12.2. The van der Waals surface area contributed by atoms with E-state index in [9.17, 15) is 8.76 Å². The zero-order chi connectivity index (χ0) is 20.6. The summed E-state index contributed by atoms with van der Waals surface area (Å²) in [6, 6.07) is 7.83. The molecule has 5 rings (SSSR count). The van der Waals surface area contributed by atoms with Crippen LogP contribution >= 0.6 is 11.5 Å². The van der Waals surface area contributed by atoms with E-state index in [1.54, 1.807) is 18.3 Å². The molecule has 1 saturated heterocycles. The summed E-state index contributed by atoms with van der Waals surface area (Å²) < 4.78 is 35.7. The number of ether oxygens (including phenoxy) is 1. The van der Waals surface area contributed by atoms with Gasteiger partial charge in [0.05, 0.1) is 18.3 Å². The number of hydrogen-bond acceptors (Lipinski definition) is 7. The Kier molecular flexibility index (Phi) is 5.27. The molecular formula is C19H23N6O3S2+. The largest absolute Gasteiger partial charge is 0.493 e. The Labute approximate surface area is 179 Å². The molecule has 0 bridgehead atoms. The summed E-state index contributed by atoms with van der Waals surface area (Å²) >= 11 is 1.03. The minimum atomic E-state index is -3.50. The van der Waals surface area contributed by atoms with Gasteiger partial charge in [0.2, 0.25) is 10.0 Å². The van der Waals surface area contributed by atoms with Gasteiger partial charge in [0.1, 0.15) is 12.1 Å². The number of H-pyrrole nitrogens is 1. The van der Waals surface area contributed by atoms with Gasteiger partial charge >= 0.3 is 10.4 Å².